The van der Waals surface area contributed by atoms with Gasteiger partial charge in [0.25, 0.3) is 0 Å². The molecule has 0 spiro atoms. The van der Waals surface area contributed by atoms with Gasteiger partial charge in [-0.05, 0) is 54.3 Å². The molecule has 200 valence electrons. The maximum atomic E-state index is 12.8. The van der Waals surface area contributed by atoms with Gasteiger partial charge in [-0.2, -0.15) is 0 Å². The Hall–Kier alpha value is -5.52. The molecule has 0 atom stereocenters. The van der Waals surface area contributed by atoms with Crippen LogP contribution in [0, 0.1) is 6.92 Å². The molecular formula is C27H20O12. The third-order valence-electron chi connectivity index (χ3n) is 5.79. The first kappa shape index (κ1) is 28.1. The molecule has 0 bridgehead atoms. The lowest BCUT2D eigenvalue weighted by Crippen LogP contribution is -2.17. The van der Waals surface area contributed by atoms with Crippen LogP contribution >= 0.6 is 0 Å². The highest BCUT2D eigenvalue weighted by Gasteiger charge is 2.33. The number of hydrogen-bond donors (Lipinski definition) is 5. The number of hydrogen-bond acceptors (Lipinski definition) is 7. The van der Waals surface area contributed by atoms with Gasteiger partial charge in [-0.1, -0.05) is 24.3 Å². The molecule has 12 heteroatoms. The van der Waals surface area contributed by atoms with Crippen molar-refractivity contribution in [2.24, 2.45) is 0 Å². The summed E-state index contributed by atoms with van der Waals surface area (Å²) >= 11 is 0. The third kappa shape index (κ3) is 5.03. The van der Waals surface area contributed by atoms with Crippen LogP contribution in [0.1, 0.15) is 74.6 Å². The Bertz CT molecular complexity index is 1580. The summed E-state index contributed by atoms with van der Waals surface area (Å²) in [4.78, 5) is 73.7. The summed E-state index contributed by atoms with van der Waals surface area (Å²) in [6.07, 6.45) is 0. The van der Waals surface area contributed by atoms with E-state index in [0.717, 1.165) is 30.3 Å². The second-order valence-corrected chi connectivity index (χ2v) is 8.07. The summed E-state index contributed by atoms with van der Waals surface area (Å²) in [5.74, 6) is -9.51. The molecule has 5 N–H and O–H groups in total. The maximum absolute atomic E-state index is 12.8. The quantitative estimate of drug-likeness (QED) is 0.245. The third-order valence-corrected chi connectivity index (χ3v) is 5.79. The Balaban J connectivity index is 2.73. The molecule has 12 nitrogen and oxygen atoms in total. The average molecular weight is 536 g/mol. The smallest absolute Gasteiger partial charge is 0.339 e. The van der Waals surface area contributed by atoms with E-state index in [0.29, 0.717) is 0 Å². The van der Waals surface area contributed by atoms with Crippen molar-refractivity contribution in [1.82, 2.24) is 0 Å². The Morgan fingerprint density at radius 2 is 1.05 bits per heavy atom. The van der Waals surface area contributed by atoms with E-state index in [2.05, 4.69) is 0 Å². The Morgan fingerprint density at radius 1 is 0.615 bits per heavy atom. The highest BCUT2D eigenvalue weighted by atomic mass is 16.5. The predicted octanol–water partition coefficient (Wildman–Crippen LogP) is 4.00. The molecule has 0 aromatic heterocycles. The van der Waals surface area contributed by atoms with Gasteiger partial charge in [0.05, 0.1) is 40.0 Å². The highest BCUT2D eigenvalue weighted by Crippen LogP contribution is 2.43. The van der Waals surface area contributed by atoms with Crippen molar-refractivity contribution in [3.8, 4) is 22.3 Å². The van der Waals surface area contributed by atoms with E-state index in [1.165, 1.54) is 26.0 Å². The zero-order valence-corrected chi connectivity index (χ0v) is 20.3. The summed E-state index contributed by atoms with van der Waals surface area (Å²) in [6.45, 7) is 2.69. The van der Waals surface area contributed by atoms with Gasteiger partial charge in [-0.15, -0.1) is 0 Å². The lowest BCUT2D eigenvalue weighted by Gasteiger charge is -2.22. The lowest BCUT2D eigenvalue weighted by molar-refractivity contribution is 0.0514. The molecule has 0 saturated carbocycles. The van der Waals surface area contributed by atoms with Crippen LogP contribution in [0.25, 0.3) is 22.3 Å². The van der Waals surface area contributed by atoms with Crippen LogP contribution in [-0.2, 0) is 4.74 Å². The van der Waals surface area contributed by atoms with Gasteiger partial charge < -0.3 is 30.3 Å². The first-order valence-corrected chi connectivity index (χ1v) is 11.1. The van der Waals surface area contributed by atoms with Crippen LogP contribution < -0.4 is 0 Å². The van der Waals surface area contributed by atoms with Crippen LogP contribution in [0.2, 0.25) is 0 Å². The summed E-state index contributed by atoms with van der Waals surface area (Å²) in [5.41, 5.74) is -5.66. The summed E-state index contributed by atoms with van der Waals surface area (Å²) < 4.78 is 4.98. The molecule has 0 heterocycles. The molecule has 0 amide bonds. The lowest BCUT2D eigenvalue weighted by atomic mass is 9.80. The van der Waals surface area contributed by atoms with E-state index >= 15 is 0 Å². The molecule has 0 aliphatic rings. The van der Waals surface area contributed by atoms with Crippen molar-refractivity contribution in [3.05, 3.63) is 81.4 Å². The Morgan fingerprint density at radius 3 is 1.44 bits per heavy atom. The van der Waals surface area contributed by atoms with Crippen LogP contribution in [0.5, 0.6) is 0 Å². The summed E-state index contributed by atoms with van der Waals surface area (Å²) in [5, 5.41) is 49.4. The standard InChI is InChI=1S/C27H20O12/c1-3-39-27(38)16-10-11(2)17(12-6-4-8-14(22(28)29)18(12)24(32)33)20(21(16)26(36)37)13-7-5-9-15(23(30)31)19(13)25(34)35/h4-10H,3H2,1-2H3,(H,28,29)(H,30,31)(H,32,33)(H,34,35)(H,36,37). The van der Waals surface area contributed by atoms with Gasteiger partial charge in [-0.3, -0.25) is 0 Å². The Kier molecular flexibility index (Phi) is 7.80. The van der Waals surface area contributed by atoms with Crippen molar-refractivity contribution in [1.29, 1.82) is 0 Å². The van der Waals surface area contributed by atoms with E-state index in [1.807, 2.05) is 0 Å². The van der Waals surface area contributed by atoms with Gasteiger partial charge in [0.2, 0.25) is 0 Å². The minimum atomic E-state index is -1.75. The number of benzene rings is 3. The zero-order valence-electron chi connectivity index (χ0n) is 20.3. The second kappa shape index (κ2) is 10.8. The molecule has 3 rings (SSSR count). The number of carbonyl (C=O) groups excluding carboxylic acids is 1. The molecule has 39 heavy (non-hydrogen) atoms. The van der Waals surface area contributed by atoms with Crippen LogP contribution in [-0.4, -0.2) is 68.0 Å². The molecule has 0 saturated heterocycles. The molecule has 0 aliphatic heterocycles. The van der Waals surface area contributed by atoms with Crippen molar-refractivity contribution >= 4 is 35.8 Å². The van der Waals surface area contributed by atoms with E-state index in [9.17, 15) is 54.3 Å². The molecule has 0 unspecified atom stereocenters. The van der Waals surface area contributed by atoms with Gasteiger partial charge >= 0.3 is 35.8 Å². The zero-order chi connectivity index (χ0) is 29.2. The Labute approximate surface area is 219 Å². The molecular weight excluding hydrogens is 516 g/mol. The van der Waals surface area contributed by atoms with E-state index in [1.54, 1.807) is 0 Å². The number of esters is 1. The fraction of sp³-hybridized carbons (Fsp3) is 0.111. The highest BCUT2D eigenvalue weighted by molar-refractivity contribution is 6.16. The number of aromatic carboxylic acids is 5. The molecule has 3 aromatic rings. The number of aryl methyl sites for hydroxylation is 1. The number of carboxylic acid groups (broad SMARTS) is 5. The number of carbonyl (C=O) groups is 6. The average Bonchev–Trinajstić information content (AvgIpc) is 2.86. The molecule has 0 aliphatic carbocycles. The molecule has 0 radical (unpaired) electrons. The minimum absolute atomic E-state index is 0.0557. The SMILES string of the molecule is CCOC(=O)c1cc(C)c(-c2cccc(C(=O)O)c2C(=O)O)c(-c2cccc(C(=O)O)c2C(=O)O)c1C(=O)O. The van der Waals surface area contributed by atoms with Gasteiger partial charge in [0.1, 0.15) is 0 Å². The largest absolute Gasteiger partial charge is 0.478 e. The van der Waals surface area contributed by atoms with E-state index in [-0.39, 0.29) is 23.3 Å². The van der Waals surface area contributed by atoms with Gasteiger partial charge in [-0.25, -0.2) is 28.8 Å². The van der Waals surface area contributed by atoms with Crippen molar-refractivity contribution in [2.45, 2.75) is 13.8 Å². The van der Waals surface area contributed by atoms with Crippen molar-refractivity contribution in [3.63, 3.8) is 0 Å². The maximum Gasteiger partial charge on any atom is 0.339 e. The number of ether oxygens (including phenoxy) is 1. The molecule has 0 fully saturated rings. The monoisotopic (exact) mass is 536 g/mol. The topological polar surface area (TPSA) is 213 Å². The first-order chi connectivity index (χ1) is 18.3. The second-order valence-electron chi connectivity index (χ2n) is 8.07. The van der Waals surface area contributed by atoms with Gasteiger partial charge in [0, 0.05) is 5.56 Å². The summed E-state index contributed by atoms with van der Waals surface area (Å²) in [6, 6.07) is 7.75. The fourth-order valence-electron chi connectivity index (χ4n) is 4.36. The first-order valence-electron chi connectivity index (χ1n) is 11.1. The normalized spacial score (nSPS) is 10.5. The summed E-state index contributed by atoms with van der Waals surface area (Å²) in [7, 11) is 0. The van der Waals surface area contributed by atoms with E-state index in [4.69, 9.17) is 4.74 Å². The van der Waals surface area contributed by atoms with Gasteiger partial charge in [0.15, 0.2) is 0 Å². The number of rotatable bonds is 9. The molecule has 3 aromatic carbocycles. The minimum Gasteiger partial charge on any atom is -0.478 e. The van der Waals surface area contributed by atoms with E-state index < -0.39 is 80.3 Å². The predicted molar refractivity (Wildman–Crippen MR) is 133 cm³/mol. The fourth-order valence-corrected chi connectivity index (χ4v) is 4.36. The van der Waals surface area contributed by atoms with Crippen molar-refractivity contribution < 1.29 is 59.0 Å². The van der Waals surface area contributed by atoms with Crippen LogP contribution in [0.15, 0.2) is 42.5 Å². The van der Waals surface area contributed by atoms with Crippen LogP contribution in [0.4, 0.5) is 0 Å². The van der Waals surface area contributed by atoms with Crippen molar-refractivity contribution in [2.75, 3.05) is 6.61 Å². The number of carboxylic acids is 5. The van der Waals surface area contributed by atoms with Crippen LogP contribution in [0.3, 0.4) is 0 Å².